The number of carbonyl (C=O) groups is 1. The van der Waals surface area contributed by atoms with Crippen molar-refractivity contribution >= 4 is 5.91 Å². The number of hydrogen-bond acceptors (Lipinski definition) is 6. The highest BCUT2D eigenvalue weighted by molar-refractivity contribution is 5.75. The van der Waals surface area contributed by atoms with Gasteiger partial charge in [-0.1, -0.05) is 0 Å². The summed E-state index contributed by atoms with van der Waals surface area (Å²) in [5, 5.41) is 4.33. The highest BCUT2D eigenvalue weighted by Gasteiger charge is 2.20. The van der Waals surface area contributed by atoms with E-state index in [0.29, 0.717) is 38.0 Å². The minimum absolute atomic E-state index is 0.000124. The maximum absolute atomic E-state index is 11.0. The van der Waals surface area contributed by atoms with E-state index in [2.05, 4.69) is 10.1 Å². The lowest BCUT2D eigenvalue weighted by Crippen LogP contribution is -2.32. The number of amides is 1. The summed E-state index contributed by atoms with van der Waals surface area (Å²) in [6.07, 6.45) is 3.04. The van der Waals surface area contributed by atoms with Crippen molar-refractivity contribution in [3.8, 4) is 11.4 Å². The van der Waals surface area contributed by atoms with E-state index >= 15 is 0 Å². The smallest absolute Gasteiger partial charge is 0.225 e. The van der Waals surface area contributed by atoms with Gasteiger partial charge in [0.15, 0.2) is 11.6 Å². The van der Waals surface area contributed by atoms with Crippen LogP contribution in [0, 0.1) is 0 Å². The van der Waals surface area contributed by atoms with Gasteiger partial charge < -0.3 is 19.6 Å². The Morgan fingerprint density at radius 2 is 2.38 bits per heavy atom. The first-order valence-corrected chi connectivity index (χ1v) is 6.66. The van der Waals surface area contributed by atoms with Gasteiger partial charge in [0.1, 0.15) is 12.4 Å². The topological polar surface area (TPSA) is 105 Å². The summed E-state index contributed by atoms with van der Waals surface area (Å²) >= 11 is 0. The van der Waals surface area contributed by atoms with E-state index in [4.69, 9.17) is 19.6 Å². The van der Waals surface area contributed by atoms with E-state index in [0.717, 1.165) is 5.56 Å². The molecule has 0 radical (unpaired) electrons. The Kier molecular flexibility index (Phi) is 3.98. The number of primary amides is 1. The van der Waals surface area contributed by atoms with Gasteiger partial charge in [-0.2, -0.15) is 5.10 Å². The predicted octanol–water partition coefficient (Wildman–Crippen LogP) is -0.0187. The first-order chi connectivity index (χ1) is 10.2. The standard InChI is InChI=1S/C13H16N4O4/c14-11(18)5-12-15-13(9-1-2-19-7-9)17(16-12)6-10-8-20-3-4-21-10/h1-2,7,10H,3-6,8H2,(H2,14,18). The minimum Gasteiger partial charge on any atom is -0.472 e. The van der Waals surface area contributed by atoms with Crippen molar-refractivity contribution < 1.29 is 18.7 Å². The molecule has 1 amide bonds. The van der Waals surface area contributed by atoms with Crippen molar-refractivity contribution in [2.45, 2.75) is 19.1 Å². The van der Waals surface area contributed by atoms with Gasteiger partial charge in [-0.25, -0.2) is 9.67 Å². The number of furan rings is 1. The van der Waals surface area contributed by atoms with Gasteiger partial charge in [-0.3, -0.25) is 4.79 Å². The van der Waals surface area contributed by atoms with E-state index < -0.39 is 5.91 Å². The fraction of sp³-hybridized carbons (Fsp3) is 0.462. The van der Waals surface area contributed by atoms with Gasteiger partial charge in [0.05, 0.1) is 44.6 Å². The quantitative estimate of drug-likeness (QED) is 0.830. The second-order valence-electron chi connectivity index (χ2n) is 4.76. The summed E-state index contributed by atoms with van der Waals surface area (Å²) in [7, 11) is 0. The van der Waals surface area contributed by atoms with Crippen molar-refractivity contribution in [1.29, 1.82) is 0 Å². The third-order valence-electron chi connectivity index (χ3n) is 3.09. The van der Waals surface area contributed by atoms with E-state index in [1.807, 2.05) is 0 Å². The average Bonchev–Trinajstić information content (AvgIpc) is 3.09. The monoisotopic (exact) mass is 292 g/mol. The average molecular weight is 292 g/mol. The molecule has 2 aromatic heterocycles. The molecule has 3 rings (SSSR count). The van der Waals surface area contributed by atoms with Crippen LogP contribution in [0.15, 0.2) is 23.0 Å². The SMILES string of the molecule is NC(=O)Cc1nc(-c2ccoc2)n(CC2COCCO2)n1. The van der Waals surface area contributed by atoms with Crippen LogP contribution in [-0.4, -0.2) is 46.6 Å². The summed E-state index contributed by atoms with van der Waals surface area (Å²) in [4.78, 5) is 15.4. The minimum atomic E-state index is -0.469. The third-order valence-corrected chi connectivity index (χ3v) is 3.09. The molecular formula is C13H16N4O4. The molecular weight excluding hydrogens is 276 g/mol. The molecule has 21 heavy (non-hydrogen) atoms. The van der Waals surface area contributed by atoms with Crippen LogP contribution in [0.3, 0.4) is 0 Å². The number of rotatable bonds is 5. The molecule has 1 unspecified atom stereocenters. The summed E-state index contributed by atoms with van der Waals surface area (Å²) in [5.74, 6) is 0.535. The summed E-state index contributed by atoms with van der Waals surface area (Å²) in [6, 6.07) is 1.78. The van der Waals surface area contributed by atoms with Gasteiger partial charge in [0, 0.05) is 0 Å². The summed E-state index contributed by atoms with van der Waals surface area (Å²) < 4.78 is 17.8. The molecule has 0 spiro atoms. The van der Waals surface area contributed by atoms with Crippen molar-refractivity contribution in [2.75, 3.05) is 19.8 Å². The Hall–Kier alpha value is -2.19. The zero-order chi connectivity index (χ0) is 14.7. The normalized spacial score (nSPS) is 18.8. The lowest BCUT2D eigenvalue weighted by Gasteiger charge is -2.23. The van der Waals surface area contributed by atoms with Crippen molar-refractivity contribution in [2.24, 2.45) is 5.73 Å². The molecule has 3 heterocycles. The molecule has 0 aliphatic carbocycles. The van der Waals surface area contributed by atoms with Gasteiger partial charge in [0.25, 0.3) is 0 Å². The Morgan fingerprint density at radius 1 is 1.48 bits per heavy atom. The van der Waals surface area contributed by atoms with Crippen LogP contribution in [0.5, 0.6) is 0 Å². The number of nitrogens with zero attached hydrogens (tertiary/aromatic N) is 3. The largest absolute Gasteiger partial charge is 0.472 e. The first kappa shape index (κ1) is 13.8. The van der Waals surface area contributed by atoms with Gasteiger partial charge in [-0.15, -0.1) is 0 Å². The van der Waals surface area contributed by atoms with E-state index in [1.54, 1.807) is 23.3 Å². The van der Waals surface area contributed by atoms with E-state index in [9.17, 15) is 4.79 Å². The van der Waals surface area contributed by atoms with E-state index in [-0.39, 0.29) is 12.5 Å². The second-order valence-corrected chi connectivity index (χ2v) is 4.76. The number of carbonyl (C=O) groups excluding carboxylic acids is 1. The third kappa shape index (κ3) is 3.29. The summed E-state index contributed by atoms with van der Waals surface area (Å²) in [5.41, 5.74) is 5.98. The maximum atomic E-state index is 11.0. The molecule has 1 saturated heterocycles. The number of ether oxygens (including phenoxy) is 2. The van der Waals surface area contributed by atoms with E-state index in [1.165, 1.54) is 0 Å². The fourth-order valence-electron chi connectivity index (χ4n) is 2.19. The lowest BCUT2D eigenvalue weighted by molar-refractivity contribution is -0.117. The highest BCUT2D eigenvalue weighted by atomic mass is 16.6. The fourth-order valence-corrected chi connectivity index (χ4v) is 2.19. The molecule has 0 bridgehead atoms. The molecule has 0 aromatic carbocycles. The first-order valence-electron chi connectivity index (χ1n) is 6.66. The molecule has 2 N–H and O–H groups in total. The lowest BCUT2D eigenvalue weighted by atomic mass is 10.3. The van der Waals surface area contributed by atoms with Crippen LogP contribution in [-0.2, 0) is 27.2 Å². The predicted molar refractivity (Wildman–Crippen MR) is 71.2 cm³/mol. The number of aromatic nitrogens is 3. The van der Waals surface area contributed by atoms with Gasteiger partial charge in [0.2, 0.25) is 5.91 Å². The van der Waals surface area contributed by atoms with Crippen LogP contribution >= 0.6 is 0 Å². The Balaban J connectivity index is 1.85. The highest BCUT2D eigenvalue weighted by Crippen LogP contribution is 2.19. The van der Waals surface area contributed by atoms with Crippen molar-refractivity contribution in [1.82, 2.24) is 14.8 Å². The molecule has 8 heteroatoms. The molecule has 0 saturated carbocycles. The second kappa shape index (κ2) is 6.06. The van der Waals surface area contributed by atoms with Crippen molar-refractivity contribution in [3.63, 3.8) is 0 Å². The van der Waals surface area contributed by atoms with Crippen LogP contribution in [0.2, 0.25) is 0 Å². The van der Waals surface area contributed by atoms with Crippen LogP contribution < -0.4 is 5.73 Å². The Morgan fingerprint density at radius 3 is 3.05 bits per heavy atom. The number of hydrogen-bond donors (Lipinski definition) is 1. The zero-order valence-corrected chi connectivity index (χ0v) is 11.4. The molecule has 1 atom stereocenters. The zero-order valence-electron chi connectivity index (χ0n) is 11.4. The van der Waals surface area contributed by atoms with Gasteiger partial charge in [-0.05, 0) is 6.07 Å². The van der Waals surface area contributed by atoms with Crippen molar-refractivity contribution in [3.05, 3.63) is 24.4 Å². The molecule has 112 valence electrons. The Bertz CT molecular complexity index is 602. The molecule has 1 aliphatic heterocycles. The maximum Gasteiger partial charge on any atom is 0.225 e. The Labute approximate surface area is 120 Å². The van der Waals surface area contributed by atoms with Gasteiger partial charge >= 0.3 is 0 Å². The number of nitrogens with two attached hydrogens (primary N) is 1. The van der Waals surface area contributed by atoms with Crippen LogP contribution in [0.1, 0.15) is 5.82 Å². The molecule has 2 aromatic rings. The summed E-state index contributed by atoms with van der Waals surface area (Å²) in [6.45, 7) is 2.17. The molecule has 1 aliphatic rings. The molecule has 8 nitrogen and oxygen atoms in total. The van der Waals surface area contributed by atoms with Crippen LogP contribution in [0.4, 0.5) is 0 Å². The van der Waals surface area contributed by atoms with Crippen LogP contribution in [0.25, 0.3) is 11.4 Å². The molecule has 1 fully saturated rings.